The van der Waals surface area contributed by atoms with Crippen LogP contribution in [0.1, 0.15) is 12.5 Å². The Balaban J connectivity index is 2.08. The molecule has 1 aromatic carbocycles. The van der Waals surface area contributed by atoms with Gasteiger partial charge >= 0.3 is 0 Å². The average molecular weight is 278 g/mol. The number of hydrogen-bond acceptors (Lipinski definition) is 4. The molecule has 0 amide bonds. The summed E-state index contributed by atoms with van der Waals surface area (Å²) >= 11 is 0. The molecule has 1 heterocycles. The molecule has 1 aromatic rings. The number of hydrogen-bond donors (Lipinski definition) is 1. The third-order valence-corrected chi connectivity index (χ3v) is 3.84. The summed E-state index contributed by atoms with van der Waals surface area (Å²) in [6.07, 6.45) is 1.16. The molecule has 112 valence electrons. The Kier molecular flexibility index (Phi) is 5.83. The van der Waals surface area contributed by atoms with Gasteiger partial charge in [-0.15, -0.1) is 0 Å². The van der Waals surface area contributed by atoms with E-state index in [1.54, 1.807) is 7.11 Å². The highest BCUT2D eigenvalue weighted by molar-refractivity contribution is 5.34. The molecule has 2 atom stereocenters. The summed E-state index contributed by atoms with van der Waals surface area (Å²) in [4.78, 5) is 2.33. The zero-order chi connectivity index (χ0) is 14.4. The number of ether oxygens (including phenoxy) is 2. The van der Waals surface area contributed by atoms with Gasteiger partial charge in [0.05, 0.1) is 19.8 Å². The maximum Gasteiger partial charge on any atom is 0.122 e. The van der Waals surface area contributed by atoms with E-state index in [0.717, 1.165) is 38.4 Å². The Morgan fingerprint density at radius 2 is 2.25 bits per heavy atom. The molecule has 4 nitrogen and oxygen atoms in total. The molecule has 2 unspecified atom stereocenters. The first-order chi connectivity index (χ1) is 9.74. The molecule has 1 aliphatic heterocycles. The van der Waals surface area contributed by atoms with E-state index in [0.29, 0.717) is 6.04 Å². The fourth-order valence-electron chi connectivity index (χ4n) is 2.76. The number of likely N-dealkylation sites (N-methyl/N-ethyl adjacent to an activating group) is 2. The van der Waals surface area contributed by atoms with Gasteiger partial charge in [-0.1, -0.05) is 25.1 Å². The Morgan fingerprint density at radius 1 is 1.45 bits per heavy atom. The third kappa shape index (κ3) is 3.95. The van der Waals surface area contributed by atoms with Crippen molar-refractivity contribution in [1.29, 1.82) is 0 Å². The van der Waals surface area contributed by atoms with Gasteiger partial charge in [0.15, 0.2) is 0 Å². The minimum Gasteiger partial charge on any atom is -0.496 e. The first kappa shape index (κ1) is 15.3. The minimum atomic E-state index is 0.235. The second-order valence-corrected chi connectivity index (χ2v) is 5.35. The molecule has 4 heteroatoms. The van der Waals surface area contributed by atoms with Crippen LogP contribution in [0.5, 0.6) is 5.75 Å². The summed E-state index contributed by atoms with van der Waals surface area (Å²) < 4.78 is 11.4. The van der Waals surface area contributed by atoms with Crippen molar-refractivity contribution in [3.05, 3.63) is 29.8 Å². The molecule has 0 aromatic heterocycles. The quantitative estimate of drug-likeness (QED) is 0.856. The molecule has 0 aliphatic carbocycles. The van der Waals surface area contributed by atoms with Crippen molar-refractivity contribution >= 4 is 0 Å². The molecule has 0 bridgehead atoms. The van der Waals surface area contributed by atoms with Crippen LogP contribution in [-0.4, -0.2) is 57.4 Å². The van der Waals surface area contributed by atoms with Gasteiger partial charge in [-0.25, -0.2) is 0 Å². The van der Waals surface area contributed by atoms with E-state index in [1.165, 1.54) is 5.56 Å². The minimum absolute atomic E-state index is 0.235. The van der Waals surface area contributed by atoms with Gasteiger partial charge in [0.25, 0.3) is 0 Å². The molecular weight excluding hydrogens is 252 g/mol. The van der Waals surface area contributed by atoms with Gasteiger partial charge in [0.2, 0.25) is 0 Å². The van der Waals surface area contributed by atoms with Crippen LogP contribution in [0, 0.1) is 0 Å². The highest BCUT2D eigenvalue weighted by atomic mass is 16.5. The van der Waals surface area contributed by atoms with Crippen LogP contribution < -0.4 is 10.1 Å². The predicted molar refractivity (Wildman–Crippen MR) is 81.4 cm³/mol. The fourth-order valence-corrected chi connectivity index (χ4v) is 2.76. The summed E-state index contributed by atoms with van der Waals surface area (Å²) in [5, 5.41) is 3.57. The molecule has 1 aliphatic rings. The Bertz CT molecular complexity index is 411. The van der Waals surface area contributed by atoms with E-state index >= 15 is 0 Å². The van der Waals surface area contributed by atoms with Gasteiger partial charge in [-0.3, -0.25) is 0 Å². The predicted octanol–water partition coefficient (Wildman–Crippen LogP) is 1.55. The summed E-state index contributed by atoms with van der Waals surface area (Å²) in [6.45, 7) is 5.90. The molecule has 1 N–H and O–H groups in total. The molecule has 0 radical (unpaired) electrons. The number of rotatable bonds is 6. The van der Waals surface area contributed by atoms with Crippen LogP contribution in [-0.2, 0) is 11.2 Å². The van der Waals surface area contributed by atoms with Crippen LogP contribution in [0.2, 0.25) is 0 Å². The van der Waals surface area contributed by atoms with Crippen LogP contribution in [0.25, 0.3) is 0 Å². The van der Waals surface area contributed by atoms with Crippen LogP contribution in [0.4, 0.5) is 0 Å². The number of morpholine rings is 1. The third-order valence-electron chi connectivity index (χ3n) is 3.84. The van der Waals surface area contributed by atoms with Crippen molar-refractivity contribution in [1.82, 2.24) is 10.2 Å². The lowest BCUT2D eigenvalue weighted by Gasteiger charge is -2.35. The van der Waals surface area contributed by atoms with Gasteiger partial charge in [-0.05, 0) is 31.6 Å². The lowest BCUT2D eigenvalue weighted by molar-refractivity contribution is -0.0382. The largest absolute Gasteiger partial charge is 0.496 e. The van der Waals surface area contributed by atoms with Crippen LogP contribution >= 0.6 is 0 Å². The van der Waals surface area contributed by atoms with Crippen molar-refractivity contribution in [2.45, 2.75) is 25.5 Å². The maximum atomic E-state index is 5.96. The van der Waals surface area contributed by atoms with Crippen molar-refractivity contribution in [3.63, 3.8) is 0 Å². The summed E-state index contributed by atoms with van der Waals surface area (Å²) in [6, 6.07) is 8.55. The van der Waals surface area contributed by atoms with E-state index in [9.17, 15) is 0 Å². The Morgan fingerprint density at radius 3 is 2.95 bits per heavy atom. The number of nitrogens with one attached hydrogen (secondary N) is 1. The molecule has 1 saturated heterocycles. The fraction of sp³-hybridized carbons (Fsp3) is 0.625. The van der Waals surface area contributed by atoms with E-state index < -0.39 is 0 Å². The molecule has 20 heavy (non-hydrogen) atoms. The molecule has 0 spiro atoms. The lowest BCUT2D eigenvalue weighted by atomic mass is 9.99. The van der Waals surface area contributed by atoms with E-state index in [2.05, 4.69) is 36.3 Å². The second kappa shape index (κ2) is 7.62. The normalized spacial score (nSPS) is 21.6. The highest BCUT2D eigenvalue weighted by Gasteiger charge is 2.27. The standard InChI is InChI=1S/C16H26N2O2/c1-4-17-14(16-12-18(2)9-10-20-16)11-13-7-5-6-8-15(13)19-3/h5-8,14,16-17H,4,9-12H2,1-3H3. The number of para-hydroxylation sites is 1. The average Bonchev–Trinajstić information content (AvgIpc) is 2.47. The molecular formula is C16H26N2O2. The van der Waals surface area contributed by atoms with E-state index in [1.807, 2.05) is 12.1 Å². The topological polar surface area (TPSA) is 33.7 Å². The van der Waals surface area contributed by atoms with Gasteiger partial charge in [-0.2, -0.15) is 0 Å². The highest BCUT2D eigenvalue weighted by Crippen LogP contribution is 2.21. The van der Waals surface area contributed by atoms with Crippen molar-refractivity contribution in [3.8, 4) is 5.75 Å². The van der Waals surface area contributed by atoms with Crippen molar-refractivity contribution < 1.29 is 9.47 Å². The Hall–Kier alpha value is -1.10. The first-order valence-electron chi connectivity index (χ1n) is 7.40. The van der Waals surface area contributed by atoms with E-state index in [4.69, 9.17) is 9.47 Å². The molecule has 1 fully saturated rings. The first-order valence-corrected chi connectivity index (χ1v) is 7.40. The van der Waals surface area contributed by atoms with E-state index in [-0.39, 0.29) is 6.10 Å². The van der Waals surface area contributed by atoms with Gasteiger partial charge in [0.1, 0.15) is 5.75 Å². The van der Waals surface area contributed by atoms with Crippen LogP contribution in [0.3, 0.4) is 0 Å². The van der Waals surface area contributed by atoms with Crippen molar-refractivity contribution in [2.75, 3.05) is 40.4 Å². The monoisotopic (exact) mass is 278 g/mol. The molecule has 2 rings (SSSR count). The zero-order valence-electron chi connectivity index (χ0n) is 12.8. The number of methoxy groups -OCH3 is 1. The summed E-state index contributed by atoms with van der Waals surface area (Å²) in [5.41, 5.74) is 1.23. The molecule has 0 saturated carbocycles. The summed E-state index contributed by atoms with van der Waals surface area (Å²) in [5.74, 6) is 0.958. The van der Waals surface area contributed by atoms with Gasteiger partial charge < -0.3 is 19.7 Å². The van der Waals surface area contributed by atoms with Crippen LogP contribution in [0.15, 0.2) is 24.3 Å². The summed E-state index contributed by atoms with van der Waals surface area (Å²) in [7, 11) is 3.88. The maximum absolute atomic E-state index is 5.96. The van der Waals surface area contributed by atoms with Crippen molar-refractivity contribution in [2.24, 2.45) is 0 Å². The SMILES string of the molecule is CCNC(Cc1ccccc1OC)C1CN(C)CCO1. The number of benzene rings is 1. The second-order valence-electron chi connectivity index (χ2n) is 5.35. The Labute approximate surface area is 122 Å². The van der Waals surface area contributed by atoms with Gasteiger partial charge in [0, 0.05) is 19.1 Å². The zero-order valence-corrected chi connectivity index (χ0v) is 12.8. The lowest BCUT2D eigenvalue weighted by Crippen LogP contribution is -2.52. The number of nitrogens with zero attached hydrogens (tertiary/aromatic N) is 1. The smallest absolute Gasteiger partial charge is 0.122 e.